The third kappa shape index (κ3) is 3.30. The predicted octanol–water partition coefficient (Wildman–Crippen LogP) is 2.66. The first-order valence-corrected chi connectivity index (χ1v) is 7.48. The van der Waals surface area contributed by atoms with Gasteiger partial charge < -0.3 is 5.32 Å². The molecule has 0 spiro atoms. The van der Waals surface area contributed by atoms with E-state index in [-0.39, 0.29) is 24.2 Å². The van der Waals surface area contributed by atoms with Crippen molar-refractivity contribution in [3.8, 4) is 0 Å². The van der Waals surface area contributed by atoms with Crippen LogP contribution in [-0.4, -0.2) is 15.9 Å². The maximum atomic E-state index is 12.9. The van der Waals surface area contributed by atoms with Gasteiger partial charge in [-0.15, -0.1) is 0 Å². The quantitative estimate of drug-likeness (QED) is 0.948. The summed E-state index contributed by atoms with van der Waals surface area (Å²) in [6.07, 6.45) is 4.90. The molecule has 1 amide bonds. The Kier molecular flexibility index (Phi) is 4.13. The highest BCUT2D eigenvalue weighted by Gasteiger charge is 2.23. The number of carbonyl (C=O) groups excluding carboxylic acids is 1. The first-order valence-electron chi connectivity index (χ1n) is 7.48. The minimum absolute atomic E-state index is 0.0303. The zero-order valence-electron chi connectivity index (χ0n) is 12.5. The van der Waals surface area contributed by atoms with E-state index >= 15 is 0 Å². The molecule has 1 unspecified atom stereocenters. The van der Waals surface area contributed by atoms with Gasteiger partial charge in [-0.05, 0) is 43.9 Å². The van der Waals surface area contributed by atoms with Gasteiger partial charge in [-0.25, -0.2) is 14.4 Å². The Morgan fingerprint density at radius 1 is 1.36 bits per heavy atom. The number of hydrogen-bond donors (Lipinski definition) is 1. The fourth-order valence-corrected chi connectivity index (χ4v) is 2.83. The van der Waals surface area contributed by atoms with Gasteiger partial charge in [-0.1, -0.05) is 12.1 Å². The number of halogens is 1. The lowest BCUT2D eigenvalue weighted by Gasteiger charge is -2.25. The van der Waals surface area contributed by atoms with Crippen LogP contribution in [0.5, 0.6) is 0 Å². The van der Waals surface area contributed by atoms with Crippen molar-refractivity contribution in [3.05, 3.63) is 58.9 Å². The Hall–Kier alpha value is -2.30. The molecule has 1 N–H and O–H groups in total. The van der Waals surface area contributed by atoms with Crippen LogP contribution in [0.25, 0.3) is 0 Å². The second kappa shape index (κ2) is 6.22. The summed E-state index contributed by atoms with van der Waals surface area (Å²) in [7, 11) is 0. The van der Waals surface area contributed by atoms with Crippen molar-refractivity contribution in [3.63, 3.8) is 0 Å². The maximum absolute atomic E-state index is 12.9. The number of nitrogens with one attached hydrogen (secondary N) is 1. The van der Waals surface area contributed by atoms with Gasteiger partial charge in [-0.3, -0.25) is 4.79 Å². The Morgan fingerprint density at radius 2 is 2.14 bits per heavy atom. The van der Waals surface area contributed by atoms with Crippen LogP contribution >= 0.6 is 0 Å². The lowest BCUT2D eigenvalue weighted by atomic mass is 9.92. The number of hydrogen-bond acceptors (Lipinski definition) is 3. The van der Waals surface area contributed by atoms with E-state index in [1.807, 2.05) is 13.1 Å². The molecule has 114 valence electrons. The molecule has 22 heavy (non-hydrogen) atoms. The first kappa shape index (κ1) is 14.6. The van der Waals surface area contributed by atoms with Crippen molar-refractivity contribution in [2.45, 2.75) is 38.6 Å². The summed E-state index contributed by atoms with van der Waals surface area (Å²) in [6, 6.07) is 5.98. The van der Waals surface area contributed by atoms with Gasteiger partial charge in [0.15, 0.2) is 0 Å². The molecular formula is C17H18FN3O. The van der Waals surface area contributed by atoms with E-state index in [4.69, 9.17) is 0 Å². The normalized spacial score (nSPS) is 16.9. The van der Waals surface area contributed by atoms with Crippen LogP contribution in [0.1, 0.15) is 41.5 Å². The fourth-order valence-electron chi connectivity index (χ4n) is 2.83. The van der Waals surface area contributed by atoms with Gasteiger partial charge >= 0.3 is 0 Å². The zero-order valence-corrected chi connectivity index (χ0v) is 12.5. The Balaban J connectivity index is 1.69. The molecule has 3 rings (SSSR count). The molecule has 1 atom stereocenters. The number of carbonyl (C=O) groups is 1. The van der Waals surface area contributed by atoms with E-state index in [0.717, 1.165) is 41.9 Å². The largest absolute Gasteiger partial charge is 0.349 e. The molecular weight excluding hydrogens is 281 g/mol. The average molecular weight is 299 g/mol. The average Bonchev–Trinajstić information content (AvgIpc) is 2.49. The SMILES string of the molecule is Cc1ncc2c(n1)CCCC2NC(=O)Cc1ccc(F)cc1. The van der Waals surface area contributed by atoms with E-state index in [1.54, 1.807) is 12.1 Å². The number of rotatable bonds is 3. The molecule has 0 bridgehead atoms. The number of nitrogens with zero attached hydrogens (tertiary/aromatic N) is 2. The van der Waals surface area contributed by atoms with Crippen molar-refractivity contribution in [2.75, 3.05) is 0 Å². The highest BCUT2D eigenvalue weighted by atomic mass is 19.1. The number of benzene rings is 1. The molecule has 1 heterocycles. The minimum atomic E-state index is -0.294. The van der Waals surface area contributed by atoms with Crippen LogP contribution in [0.2, 0.25) is 0 Å². The maximum Gasteiger partial charge on any atom is 0.224 e. The summed E-state index contributed by atoms with van der Waals surface area (Å²) >= 11 is 0. The van der Waals surface area contributed by atoms with Crippen molar-refractivity contribution in [1.82, 2.24) is 15.3 Å². The van der Waals surface area contributed by atoms with Gasteiger partial charge in [0.05, 0.1) is 12.5 Å². The Labute approximate surface area is 128 Å². The summed E-state index contributed by atoms with van der Waals surface area (Å²) in [5.74, 6) is 0.403. The zero-order chi connectivity index (χ0) is 15.5. The minimum Gasteiger partial charge on any atom is -0.349 e. The highest BCUT2D eigenvalue weighted by Crippen LogP contribution is 2.28. The summed E-state index contributed by atoms with van der Waals surface area (Å²) < 4.78 is 12.9. The topological polar surface area (TPSA) is 54.9 Å². The standard InChI is InChI=1S/C17H18FN3O/c1-11-19-10-14-15(20-11)3-2-4-16(14)21-17(22)9-12-5-7-13(18)8-6-12/h5-8,10,16H,2-4,9H2,1H3,(H,21,22). The number of fused-ring (bicyclic) bond motifs is 1. The van der Waals surface area contributed by atoms with Crippen molar-refractivity contribution >= 4 is 5.91 Å². The third-order valence-corrected chi connectivity index (χ3v) is 3.92. The summed E-state index contributed by atoms with van der Waals surface area (Å²) in [4.78, 5) is 20.9. The lowest BCUT2D eigenvalue weighted by Crippen LogP contribution is -2.32. The van der Waals surface area contributed by atoms with Gasteiger partial charge in [0, 0.05) is 17.5 Å². The molecule has 0 saturated carbocycles. The van der Waals surface area contributed by atoms with Crippen LogP contribution in [0, 0.1) is 12.7 Å². The fraction of sp³-hybridized carbons (Fsp3) is 0.353. The molecule has 0 saturated heterocycles. The second-order valence-corrected chi connectivity index (χ2v) is 5.63. The van der Waals surface area contributed by atoms with Crippen molar-refractivity contribution in [2.24, 2.45) is 0 Å². The summed E-state index contributed by atoms with van der Waals surface area (Å²) in [5.41, 5.74) is 2.85. The molecule has 5 heteroatoms. The predicted molar refractivity (Wildman–Crippen MR) is 80.7 cm³/mol. The number of aryl methyl sites for hydroxylation is 2. The van der Waals surface area contributed by atoms with Gasteiger partial charge in [0.2, 0.25) is 5.91 Å². The molecule has 1 aromatic heterocycles. The molecule has 4 nitrogen and oxygen atoms in total. The lowest BCUT2D eigenvalue weighted by molar-refractivity contribution is -0.121. The van der Waals surface area contributed by atoms with E-state index in [1.165, 1.54) is 12.1 Å². The van der Waals surface area contributed by atoms with Gasteiger partial charge in [0.1, 0.15) is 11.6 Å². The molecule has 1 aliphatic carbocycles. The summed E-state index contributed by atoms with van der Waals surface area (Å²) in [5, 5.41) is 3.04. The van der Waals surface area contributed by atoms with Crippen LogP contribution in [-0.2, 0) is 17.6 Å². The molecule has 2 aromatic rings. The second-order valence-electron chi connectivity index (χ2n) is 5.63. The molecule has 0 fully saturated rings. The number of amides is 1. The van der Waals surface area contributed by atoms with Gasteiger partial charge in [0.25, 0.3) is 0 Å². The Morgan fingerprint density at radius 3 is 2.91 bits per heavy atom. The molecule has 1 aromatic carbocycles. The van der Waals surface area contributed by atoms with E-state index in [0.29, 0.717) is 0 Å². The van der Waals surface area contributed by atoms with Crippen LogP contribution in [0.4, 0.5) is 4.39 Å². The first-order chi connectivity index (χ1) is 10.6. The smallest absolute Gasteiger partial charge is 0.224 e. The van der Waals surface area contributed by atoms with E-state index in [9.17, 15) is 9.18 Å². The van der Waals surface area contributed by atoms with E-state index in [2.05, 4.69) is 15.3 Å². The van der Waals surface area contributed by atoms with Crippen LogP contribution in [0.3, 0.4) is 0 Å². The summed E-state index contributed by atoms with van der Waals surface area (Å²) in [6.45, 7) is 1.87. The molecule has 0 aliphatic heterocycles. The van der Waals surface area contributed by atoms with Crippen molar-refractivity contribution < 1.29 is 9.18 Å². The van der Waals surface area contributed by atoms with Gasteiger partial charge in [-0.2, -0.15) is 0 Å². The van der Waals surface area contributed by atoms with Crippen LogP contribution in [0.15, 0.2) is 30.5 Å². The van der Waals surface area contributed by atoms with Crippen molar-refractivity contribution in [1.29, 1.82) is 0 Å². The Bertz CT molecular complexity index is 685. The number of aromatic nitrogens is 2. The highest BCUT2D eigenvalue weighted by molar-refractivity contribution is 5.79. The monoisotopic (exact) mass is 299 g/mol. The van der Waals surface area contributed by atoms with E-state index < -0.39 is 0 Å². The molecule has 0 radical (unpaired) electrons. The third-order valence-electron chi connectivity index (χ3n) is 3.92. The molecule has 1 aliphatic rings. The van der Waals surface area contributed by atoms with Crippen LogP contribution < -0.4 is 5.32 Å².